The third kappa shape index (κ3) is 4.33. The van der Waals surface area contributed by atoms with Crippen molar-refractivity contribution in [2.24, 2.45) is 11.5 Å². The van der Waals surface area contributed by atoms with Crippen LogP contribution in [0.4, 0.5) is 0 Å². The minimum Gasteiger partial charge on any atom is -0.396 e. The maximum absolute atomic E-state index is 8.49. The summed E-state index contributed by atoms with van der Waals surface area (Å²) in [6.45, 7) is 0.0115. The smallest absolute Gasteiger partial charge is 0.0667 e. The van der Waals surface area contributed by atoms with Crippen LogP contribution in [0.25, 0.3) is 0 Å². The molecule has 0 aromatic rings. The standard InChI is InChI=1S/C7H14N2O/c1-2-3-4-7(8,9)5-6-10/h1,10H,3-6,8-9H2. The molecule has 0 atom stereocenters. The summed E-state index contributed by atoms with van der Waals surface area (Å²) < 4.78 is 0. The number of aliphatic hydroxyl groups excluding tert-OH is 1. The maximum atomic E-state index is 8.49. The molecule has 0 rings (SSSR count). The molecule has 0 spiro atoms. The van der Waals surface area contributed by atoms with E-state index in [2.05, 4.69) is 5.92 Å². The topological polar surface area (TPSA) is 72.3 Å². The van der Waals surface area contributed by atoms with Gasteiger partial charge in [0, 0.05) is 19.4 Å². The molecule has 10 heavy (non-hydrogen) atoms. The Bertz CT molecular complexity index is 126. The Labute approximate surface area is 61.4 Å². The SMILES string of the molecule is C#CCCC(N)(N)CCO. The molecule has 5 N–H and O–H groups in total. The van der Waals surface area contributed by atoms with E-state index in [9.17, 15) is 0 Å². The first-order valence-electron chi connectivity index (χ1n) is 3.24. The summed E-state index contributed by atoms with van der Waals surface area (Å²) in [7, 11) is 0. The van der Waals surface area contributed by atoms with Crippen molar-refractivity contribution in [2.45, 2.75) is 24.9 Å². The summed E-state index contributed by atoms with van der Waals surface area (Å²) in [5.74, 6) is 2.44. The van der Waals surface area contributed by atoms with Crippen LogP contribution < -0.4 is 11.5 Å². The van der Waals surface area contributed by atoms with Crippen molar-refractivity contribution in [1.29, 1.82) is 0 Å². The Morgan fingerprint density at radius 3 is 2.40 bits per heavy atom. The van der Waals surface area contributed by atoms with Crippen LogP contribution in [0.1, 0.15) is 19.3 Å². The molecule has 0 heterocycles. The molecular weight excluding hydrogens is 128 g/mol. The van der Waals surface area contributed by atoms with Crippen LogP contribution in [-0.2, 0) is 0 Å². The molecule has 58 valence electrons. The lowest BCUT2D eigenvalue weighted by molar-refractivity contribution is 0.235. The number of aliphatic hydroxyl groups is 1. The van der Waals surface area contributed by atoms with Crippen LogP contribution >= 0.6 is 0 Å². The highest BCUT2D eigenvalue weighted by Crippen LogP contribution is 2.05. The van der Waals surface area contributed by atoms with E-state index < -0.39 is 5.66 Å². The molecule has 0 aliphatic carbocycles. The zero-order valence-corrected chi connectivity index (χ0v) is 6.01. The molecule has 0 amide bonds. The molecule has 0 aliphatic rings. The van der Waals surface area contributed by atoms with E-state index in [1.54, 1.807) is 0 Å². The van der Waals surface area contributed by atoms with Crippen LogP contribution in [0.2, 0.25) is 0 Å². The first-order chi connectivity index (χ1) is 4.62. The zero-order valence-electron chi connectivity index (χ0n) is 6.01. The highest BCUT2D eigenvalue weighted by molar-refractivity contribution is 4.88. The average molecular weight is 142 g/mol. The van der Waals surface area contributed by atoms with Gasteiger partial charge in [-0.05, 0) is 6.42 Å². The fourth-order valence-corrected chi connectivity index (χ4v) is 0.638. The molecule has 0 radical (unpaired) electrons. The van der Waals surface area contributed by atoms with E-state index in [0.29, 0.717) is 19.3 Å². The molecule has 3 heteroatoms. The van der Waals surface area contributed by atoms with E-state index in [1.807, 2.05) is 0 Å². The van der Waals surface area contributed by atoms with Gasteiger partial charge in [-0.2, -0.15) is 0 Å². The summed E-state index contributed by atoms with van der Waals surface area (Å²) in [4.78, 5) is 0. The predicted molar refractivity (Wildman–Crippen MR) is 40.9 cm³/mol. The third-order valence-electron chi connectivity index (χ3n) is 1.31. The number of nitrogens with two attached hydrogens (primary N) is 2. The van der Waals surface area contributed by atoms with Gasteiger partial charge in [-0.1, -0.05) is 0 Å². The zero-order chi connectivity index (χ0) is 8.04. The fourth-order valence-electron chi connectivity index (χ4n) is 0.638. The molecular formula is C7H14N2O. The van der Waals surface area contributed by atoms with Gasteiger partial charge in [-0.15, -0.1) is 12.3 Å². The molecule has 0 fully saturated rings. The fraction of sp³-hybridized carbons (Fsp3) is 0.714. The van der Waals surface area contributed by atoms with E-state index in [-0.39, 0.29) is 6.61 Å². The highest BCUT2D eigenvalue weighted by atomic mass is 16.3. The van der Waals surface area contributed by atoms with Crippen LogP contribution in [0, 0.1) is 12.3 Å². The maximum Gasteiger partial charge on any atom is 0.0667 e. The van der Waals surface area contributed by atoms with Crippen molar-refractivity contribution >= 4 is 0 Å². The summed E-state index contributed by atoms with van der Waals surface area (Å²) in [6, 6.07) is 0. The number of terminal acetylenes is 1. The van der Waals surface area contributed by atoms with Gasteiger partial charge in [0.1, 0.15) is 0 Å². The second-order valence-corrected chi connectivity index (χ2v) is 2.41. The number of hydrogen-bond donors (Lipinski definition) is 3. The molecule has 0 aromatic heterocycles. The summed E-state index contributed by atoms with van der Waals surface area (Å²) >= 11 is 0. The second kappa shape index (κ2) is 4.29. The molecule has 0 aromatic carbocycles. The molecule has 0 unspecified atom stereocenters. The van der Waals surface area contributed by atoms with E-state index in [4.69, 9.17) is 23.0 Å². The van der Waals surface area contributed by atoms with Crippen LogP contribution in [0.5, 0.6) is 0 Å². The Balaban J connectivity index is 3.54. The van der Waals surface area contributed by atoms with Crippen molar-refractivity contribution in [2.75, 3.05) is 6.61 Å². The normalized spacial score (nSPS) is 11.0. The van der Waals surface area contributed by atoms with Crippen molar-refractivity contribution < 1.29 is 5.11 Å². The van der Waals surface area contributed by atoms with Crippen LogP contribution in [-0.4, -0.2) is 17.4 Å². The minimum absolute atomic E-state index is 0.0115. The molecule has 3 nitrogen and oxygen atoms in total. The Morgan fingerprint density at radius 1 is 1.40 bits per heavy atom. The van der Waals surface area contributed by atoms with Crippen molar-refractivity contribution in [3.05, 3.63) is 0 Å². The Hall–Kier alpha value is -0.560. The quantitative estimate of drug-likeness (QED) is 0.362. The van der Waals surface area contributed by atoms with E-state index in [1.165, 1.54) is 0 Å². The van der Waals surface area contributed by atoms with Crippen molar-refractivity contribution in [3.63, 3.8) is 0 Å². The Morgan fingerprint density at radius 2 is 2.00 bits per heavy atom. The lowest BCUT2D eigenvalue weighted by atomic mass is 10.0. The van der Waals surface area contributed by atoms with Gasteiger partial charge in [-0.25, -0.2) is 0 Å². The first kappa shape index (κ1) is 9.44. The molecule has 0 bridgehead atoms. The first-order valence-corrected chi connectivity index (χ1v) is 3.24. The average Bonchev–Trinajstić information content (AvgIpc) is 1.84. The largest absolute Gasteiger partial charge is 0.396 e. The number of hydrogen-bond acceptors (Lipinski definition) is 3. The molecule has 0 saturated heterocycles. The lowest BCUT2D eigenvalue weighted by Gasteiger charge is -2.21. The van der Waals surface area contributed by atoms with Crippen molar-refractivity contribution in [1.82, 2.24) is 0 Å². The van der Waals surface area contributed by atoms with Gasteiger partial charge in [0.05, 0.1) is 5.66 Å². The van der Waals surface area contributed by atoms with Crippen molar-refractivity contribution in [3.8, 4) is 12.3 Å². The molecule has 0 saturated carbocycles. The molecule has 0 aliphatic heterocycles. The second-order valence-electron chi connectivity index (χ2n) is 2.41. The van der Waals surface area contributed by atoms with Crippen LogP contribution in [0.15, 0.2) is 0 Å². The minimum atomic E-state index is -0.791. The van der Waals surface area contributed by atoms with Gasteiger partial charge in [0.25, 0.3) is 0 Å². The van der Waals surface area contributed by atoms with Gasteiger partial charge in [0.2, 0.25) is 0 Å². The summed E-state index contributed by atoms with van der Waals surface area (Å²) in [5, 5.41) is 8.49. The number of rotatable bonds is 4. The highest BCUT2D eigenvalue weighted by Gasteiger charge is 2.16. The summed E-state index contributed by atoms with van der Waals surface area (Å²) in [5.41, 5.74) is 10.3. The summed E-state index contributed by atoms with van der Waals surface area (Å²) in [6.07, 6.45) is 6.53. The van der Waals surface area contributed by atoms with Gasteiger partial charge < -0.3 is 16.6 Å². The lowest BCUT2D eigenvalue weighted by Crippen LogP contribution is -2.49. The van der Waals surface area contributed by atoms with Gasteiger partial charge in [0.15, 0.2) is 0 Å². The van der Waals surface area contributed by atoms with Crippen LogP contribution in [0.3, 0.4) is 0 Å². The van der Waals surface area contributed by atoms with Gasteiger partial charge >= 0.3 is 0 Å². The third-order valence-corrected chi connectivity index (χ3v) is 1.31. The van der Waals surface area contributed by atoms with E-state index in [0.717, 1.165) is 0 Å². The van der Waals surface area contributed by atoms with E-state index >= 15 is 0 Å². The Kier molecular flexibility index (Phi) is 4.05. The predicted octanol–water partition coefficient (Wildman–Crippen LogP) is -0.604. The monoisotopic (exact) mass is 142 g/mol. The van der Waals surface area contributed by atoms with Gasteiger partial charge in [-0.3, -0.25) is 0 Å².